The lowest BCUT2D eigenvalue weighted by molar-refractivity contribution is -0.142. The molecular formula is C26H35F3N4O3. The Hall–Kier alpha value is -2.91. The molecule has 2 heterocycles. The summed E-state index contributed by atoms with van der Waals surface area (Å²) in [5.74, 6) is -0.0416. The fourth-order valence-electron chi connectivity index (χ4n) is 4.45. The van der Waals surface area contributed by atoms with Crippen LogP contribution in [0, 0.1) is 0 Å². The summed E-state index contributed by atoms with van der Waals surface area (Å²) < 4.78 is 44.0. The third kappa shape index (κ3) is 7.80. The van der Waals surface area contributed by atoms with E-state index in [4.69, 9.17) is 4.52 Å². The lowest BCUT2D eigenvalue weighted by Crippen LogP contribution is -2.55. The summed E-state index contributed by atoms with van der Waals surface area (Å²) in [5.41, 5.74) is -0.679. The van der Waals surface area contributed by atoms with Crippen molar-refractivity contribution in [3.63, 3.8) is 0 Å². The smallest absolute Gasteiger partial charge is 0.338 e. The lowest BCUT2D eigenvalue weighted by atomic mass is 10.1. The Labute approximate surface area is 210 Å². The standard InChI is InChI=1S/C26H35F3N4O3/c1-3-4-5-6-7-8-9-13-23(34)33-15-14-32(18-19(33)2)24(35)17-22-30-25(36-31-22)20-11-10-12-21(16-20)26(27,28)29/h10-12,16,19H,3-9,13-15,17-18H2,1-2H3. The lowest BCUT2D eigenvalue weighted by Gasteiger charge is -2.40. The highest BCUT2D eigenvalue weighted by atomic mass is 19.4. The number of halogens is 3. The van der Waals surface area contributed by atoms with Crippen LogP contribution in [0.1, 0.15) is 76.6 Å². The third-order valence-corrected chi connectivity index (χ3v) is 6.51. The molecule has 1 unspecified atom stereocenters. The first kappa shape index (κ1) is 27.7. The number of benzene rings is 1. The Morgan fingerprint density at radius 1 is 1.06 bits per heavy atom. The second-order valence-electron chi connectivity index (χ2n) is 9.42. The van der Waals surface area contributed by atoms with Crippen molar-refractivity contribution in [2.24, 2.45) is 0 Å². The van der Waals surface area contributed by atoms with Crippen LogP contribution in [-0.4, -0.2) is 57.4 Å². The van der Waals surface area contributed by atoms with Crippen molar-refractivity contribution in [2.75, 3.05) is 19.6 Å². The van der Waals surface area contributed by atoms with Gasteiger partial charge in [0.25, 0.3) is 5.89 Å². The highest BCUT2D eigenvalue weighted by molar-refractivity contribution is 5.80. The van der Waals surface area contributed by atoms with Gasteiger partial charge in [-0.3, -0.25) is 9.59 Å². The fraction of sp³-hybridized carbons (Fsp3) is 0.615. The maximum atomic E-state index is 13.0. The Balaban J connectivity index is 1.46. The van der Waals surface area contributed by atoms with Crippen LogP contribution in [0.2, 0.25) is 0 Å². The minimum Gasteiger partial charge on any atom is -0.338 e. The zero-order valence-corrected chi connectivity index (χ0v) is 21.0. The van der Waals surface area contributed by atoms with Crippen LogP contribution in [0.4, 0.5) is 13.2 Å². The molecule has 0 aliphatic carbocycles. The predicted octanol–water partition coefficient (Wildman–Crippen LogP) is 5.50. The van der Waals surface area contributed by atoms with Crippen LogP contribution in [-0.2, 0) is 22.2 Å². The quantitative estimate of drug-likeness (QED) is 0.375. The normalized spacial score (nSPS) is 16.4. The minimum absolute atomic E-state index is 0.0713. The number of hydrogen-bond donors (Lipinski definition) is 0. The number of nitrogens with zero attached hydrogens (tertiary/aromatic N) is 4. The van der Waals surface area contributed by atoms with Crippen molar-refractivity contribution in [3.05, 3.63) is 35.7 Å². The first-order valence-electron chi connectivity index (χ1n) is 12.8. The number of unbranched alkanes of at least 4 members (excludes halogenated alkanes) is 6. The molecule has 198 valence electrons. The van der Waals surface area contributed by atoms with E-state index in [1.54, 1.807) is 4.90 Å². The molecule has 1 fully saturated rings. The van der Waals surface area contributed by atoms with Gasteiger partial charge in [0, 0.05) is 37.7 Å². The van der Waals surface area contributed by atoms with Gasteiger partial charge in [0.15, 0.2) is 5.82 Å². The molecule has 1 aromatic carbocycles. The molecule has 0 spiro atoms. The van der Waals surface area contributed by atoms with E-state index in [1.807, 2.05) is 11.8 Å². The number of aromatic nitrogens is 2. The highest BCUT2D eigenvalue weighted by Crippen LogP contribution is 2.31. The summed E-state index contributed by atoms with van der Waals surface area (Å²) in [6, 6.07) is 4.51. The number of carbonyl (C=O) groups is 2. The van der Waals surface area contributed by atoms with Gasteiger partial charge in [0.2, 0.25) is 11.8 Å². The summed E-state index contributed by atoms with van der Waals surface area (Å²) in [7, 11) is 0. The zero-order chi connectivity index (χ0) is 26.1. The summed E-state index contributed by atoms with van der Waals surface area (Å²) in [6.07, 6.45) is 4.02. The second-order valence-corrected chi connectivity index (χ2v) is 9.42. The van der Waals surface area contributed by atoms with Gasteiger partial charge < -0.3 is 14.3 Å². The van der Waals surface area contributed by atoms with Gasteiger partial charge in [-0.25, -0.2) is 0 Å². The first-order chi connectivity index (χ1) is 17.2. The summed E-state index contributed by atoms with van der Waals surface area (Å²) in [4.78, 5) is 33.1. The molecule has 1 atom stereocenters. The Bertz CT molecular complexity index is 1010. The molecule has 0 radical (unpaired) electrons. The van der Waals surface area contributed by atoms with E-state index in [1.165, 1.54) is 37.8 Å². The van der Waals surface area contributed by atoms with Gasteiger partial charge in [0.1, 0.15) is 0 Å². The molecule has 0 bridgehead atoms. The van der Waals surface area contributed by atoms with Crippen molar-refractivity contribution >= 4 is 11.8 Å². The predicted molar refractivity (Wildman–Crippen MR) is 129 cm³/mol. The van der Waals surface area contributed by atoms with Crippen molar-refractivity contribution in [1.82, 2.24) is 19.9 Å². The highest BCUT2D eigenvalue weighted by Gasteiger charge is 2.32. The van der Waals surface area contributed by atoms with Gasteiger partial charge in [-0.2, -0.15) is 18.2 Å². The molecule has 7 nitrogen and oxygen atoms in total. The SMILES string of the molecule is CCCCCCCCCC(=O)N1CCN(C(=O)Cc2noc(-c3cccc(C(F)(F)F)c3)n2)CC1C. The molecule has 10 heteroatoms. The third-order valence-electron chi connectivity index (χ3n) is 6.51. The van der Waals surface area contributed by atoms with Crippen molar-refractivity contribution in [2.45, 2.75) is 83.9 Å². The molecule has 1 aliphatic heterocycles. The van der Waals surface area contributed by atoms with E-state index in [0.717, 1.165) is 31.4 Å². The Morgan fingerprint density at radius 2 is 1.78 bits per heavy atom. The number of rotatable bonds is 11. The largest absolute Gasteiger partial charge is 0.416 e. The summed E-state index contributed by atoms with van der Waals surface area (Å²) in [6.45, 7) is 5.44. The Morgan fingerprint density at radius 3 is 2.47 bits per heavy atom. The van der Waals surface area contributed by atoms with E-state index in [9.17, 15) is 22.8 Å². The van der Waals surface area contributed by atoms with E-state index in [0.29, 0.717) is 26.1 Å². The molecule has 0 saturated carbocycles. The van der Waals surface area contributed by atoms with Crippen LogP contribution in [0.15, 0.2) is 28.8 Å². The van der Waals surface area contributed by atoms with Crippen molar-refractivity contribution < 1.29 is 27.3 Å². The maximum absolute atomic E-state index is 13.0. The average Bonchev–Trinajstić information content (AvgIpc) is 3.31. The number of amides is 2. The number of alkyl halides is 3. The Kier molecular flexibility index (Phi) is 9.89. The van der Waals surface area contributed by atoms with E-state index in [2.05, 4.69) is 17.1 Å². The molecule has 36 heavy (non-hydrogen) atoms. The monoisotopic (exact) mass is 508 g/mol. The van der Waals surface area contributed by atoms with Gasteiger partial charge in [-0.15, -0.1) is 0 Å². The van der Waals surface area contributed by atoms with Crippen molar-refractivity contribution in [3.8, 4) is 11.5 Å². The molecule has 1 aromatic heterocycles. The van der Waals surface area contributed by atoms with Crippen LogP contribution < -0.4 is 0 Å². The molecule has 2 aromatic rings. The molecule has 2 amide bonds. The van der Waals surface area contributed by atoms with Crippen LogP contribution >= 0.6 is 0 Å². The molecule has 0 N–H and O–H groups in total. The summed E-state index contributed by atoms with van der Waals surface area (Å²) in [5, 5.41) is 3.77. The average molecular weight is 509 g/mol. The summed E-state index contributed by atoms with van der Waals surface area (Å²) >= 11 is 0. The van der Waals surface area contributed by atoms with Crippen molar-refractivity contribution in [1.29, 1.82) is 0 Å². The van der Waals surface area contributed by atoms with Gasteiger partial charge in [0.05, 0.1) is 12.0 Å². The van der Waals surface area contributed by atoms with Gasteiger partial charge in [-0.05, 0) is 31.5 Å². The topological polar surface area (TPSA) is 79.5 Å². The van der Waals surface area contributed by atoms with Gasteiger partial charge in [-0.1, -0.05) is 56.7 Å². The first-order valence-corrected chi connectivity index (χ1v) is 12.8. The van der Waals surface area contributed by atoms with E-state index < -0.39 is 11.7 Å². The maximum Gasteiger partial charge on any atom is 0.416 e. The van der Waals surface area contributed by atoms with Crippen LogP contribution in [0.25, 0.3) is 11.5 Å². The molecule has 1 saturated heterocycles. The number of piperazine rings is 1. The van der Waals surface area contributed by atoms with E-state index in [-0.39, 0.29) is 41.6 Å². The van der Waals surface area contributed by atoms with Crippen LogP contribution in [0.5, 0.6) is 0 Å². The molecule has 3 rings (SSSR count). The van der Waals surface area contributed by atoms with Gasteiger partial charge >= 0.3 is 6.18 Å². The minimum atomic E-state index is -4.48. The zero-order valence-electron chi connectivity index (χ0n) is 21.0. The fourth-order valence-corrected chi connectivity index (χ4v) is 4.45. The number of carbonyl (C=O) groups excluding carboxylic acids is 2. The van der Waals surface area contributed by atoms with Crippen LogP contribution in [0.3, 0.4) is 0 Å². The number of hydrogen-bond acceptors (Lipinski definition) is 5. The molecular weight excluding hydrogens is 473 g/mol. The molecule has 1 aliphatic rings. The second kappa shape index (κ2) is 12.9. The van der Waals surface area contributed by atoms with E-state index >= 15 is 0 Å².